The molecule has 0 aliphatic rings. The number of carbonyl (C=O) groups is 1. The lowest BCUT2D eigenvalue weighted by Gasteiger charge is -1.89. The quantitative estimate of drug-likeness (QED) is 0.678. The third-order valence-electron chi connectivity index (χ3n) is 1.49. The van der Waals surface area contributed by atoms with Crippen molar-refractivity contribution in [1.82, 2.24) is 10.4 Å². The van der Waals surface area contributed by atoms with E-state index in [4.69, 9.17) is 9.63 Å². The van der Waals surface area contributed by atoms with Crippen molar-refractivity contribution in [2.45, 2.75) is 0 Å². The molecule has 0 spiro atoms. The summed E-state index contributed by atoms with van der Waals surface area (Å²) in [7, 11) is 0. The van der Waals surface area contributed by atoms with Crippen LogP contribution in [0.5, 0.6) is 0 Å². The van der Waals surface area contributed by atoms with Crippen LogP contribution in [-0.2, 0) is 0 Å². The highest BCUT2D eigenvalue weighted by Gasteiger charge is 2.05. The number of nitrogens with zero attached hydrogens (tertiary/aromatic N) is 2. The lowest BCUT2D eigenvalue weighted by Crippen LogP contribution is -1.94. The van der Waals surface area contributed by atoms with E-state index in [1.54, 1.807) is 0 Å². The van der Waals surface area contributed by atoms with Gasteiger partial charge in [0.15, 0.2) is 5.58 Å². The zero-order valence-electron chi connectivity index (χ0n) is 5.89. The molecule has 0 saturated heterocycles. The van der Waals surface area contributed by atoms with Crippen molar-refractivity contribution >= 4 is 17.1 Å². The Bertz CT molecular complexity index is 435. The van der Waals surface area contributed by atoms with Crippen LogP contribution >= 0.6 is 0 Å². The lowest BCUT2D eigenvalue weighted by molar-refractivity contribution is 0.0697. The second kappa shape index (κ2) is 2.30. The number of aromatic carboxylic acids is 1. The van der Waals surface area contributed by atoms with E-state index in [1.807, 2.05) is 0 Å². The summed E-state index contributed by atoms with van der Waals surface area (Å²) in [5.74, 6) is -0.986. The third kappa shape index (κ3) is 0.914. The lowest BCUT2D eigenvalue weighted by atomic mass is 10.2. The number of benzene rings is 1. The molecule has 5 heteroatoms. The van der Waals surface area contributed by atoms with Crippen molar-refractivity contribution in [3.05, 3.63) is 23.8 Å². The first-order valence-corrected chi connectivity index (χ1v) is 3.23. The Labute approximate surface area is 66.6 Å². The zero-order valence-corrected chi connectivity index (χ0v) is 5.89. The number of hydrogen-bond donors (Lipinski definition) is 1. The molecule has 0 saturated carbocycles. The van der Waals surface area contributed by atoms with Gasteiger partial charge in [0.2, 0.25) is 0 Å². The van der Waals surface area contributed by atoms with E-state index in [0.29, 0.717) is 11.1 Å². The van der Waals surface area contributed by atoms with E-state index in [-0.39, 0.29) is 5.56 Å². The van der Waals surface area contributed by atoms with Crippen LogP contribution in [0.1, 0.15) is 10.4 Å². The Kier molecular flexibility index (Phi) is 1.30. The SMILES string of the molecule is O=C(O)c1ccc2onnc2c1. The van der Waals surface area contributed by atoms with Crippen molar-refractivity contribution in [3.63, 3.8) is 0 Å². The minimum Gasteiger partial charge on any atom is -0.478 e. The highest BCUT2D eigenvalue weighted by atomic mass is 16.5. The largest absolute Gasteiger partial charge is 0.478 e. The molecule has 0 unspecified atom stereocenters. The molecule has 0 fully saturated rings. The van der Waals surface area contributed by atoms with Crippen molar-refractivity contribution in [2.75, 3.05) is 0 Å². The zero-order chi connectivity index (χ0) is 8.55. The van der Waals surface area contributed by atoms with E-state index in [9.17, 15) is 4.79 Å². The highest BCUT2D eigenvalue weighted by molar-refractivity contribution is 5.91. The summed E-state index contributed by atoms with van der Waals surface area (Å²) in [5, 5.41) is 15.5. The molecular formula is C7H4N2O3. The molecule has 1 aromatic carbocycles. The van der Waals surface area contributed by atoms with Gasteiger partial charge in [-0.1, -0.05) is 0 Å². The van der Waals surface area contributed by atoms with Crippen LogP contribution in [0.4, 0.5) is 0 Å². The molecule has 0 aliphatic carbocycles. The van der Waals surface area contributed by atoms with Crippen LogP contribution in [0, 0.1) is 0 Å². The summed E-state index contributed by atoms with van der Waals surface area (Å²) in [4.78, 5) is 10.5. The van der Waals surface area contributed by atoms with Gasteiger partial charge >= 0.3 is 5.97 Å². The maximum Gasteiger partial charge on any atom is 0.335 e. The first-order chi connectivity index (χ1) is 5.77. The van der Waals surface area contributed by atoms with Gasteiger partial charge in [0.25, 0.3) is 0 Å². The average molecular weight is 164 g/mol. The molecule has 1 aromatic heterocycles. The topological polar surface area (TPSA) is 76.2 Å². The first-order valence-electron chi connectivity index (χ1n) is 3.23. The standard InChI is InChI=1S/C7H4N2O3/c10-7(11)4-1-2-6-5(3-4)8-9-12-6/h1-3H,(H,10,11). The fraction of sp³-hybridized carbons (Fsp3) is 0. The highest BCUT2D eigenvalue weighted by Crippen LogP contribution is 2.12. The van der Waals surface area contributed by atoms with Crippen LogP contribution in [0.15, 0.2) is 22.7 Å². The molecule has 0 aliphatic heterocycles. The fourth-order valence-corrected chi connectivity index (χ4v) is 0.914. The van der Waals surface area contributed by atoms with Gasteiger partial charge in [-0.3, -0.25) is 0 Å². The molecule has 1 N–H and O–H groups in total. The van der Waals surface area contributed by atoms with Gasteiger partial charge in [0, 0.05) is 5.27 Å². The first kappa shape index (κ1) is 6.78. The molecule has 2 aromatic rings. The molecule has 60 valence electrons. The average Bonchev–Trinajstić information content (AvgIpc) is 2.49. The second-order valence-electron chi connectivity index (χ2n) is 2.26. The van der Waals surface area contributed by atoms with E-state index in [2.05, 4.69) is 10.4 Å². The van der Waals surface area contributed by atoms with E-state index in [1.165, 1.54) is 18.2 Å². The Morgan fingerprint density at radius 3 is 3.08 bits per heavy atom. The minimum atomic E-state index is -0.986. The molecule has 0 bridgehead atoms. The molecule has 1 heterocycles. The van der Waals surface area contributed by atoms with Crippen molar-refractivity contribution in [1.29, 1.82) is 0 Å². The molecule has 0 radical (unpaired) electrons. The van der Waals surface area contributed by atoms with Gasteiger partial charge in [0.05, 0.1) is 5.56 Å². The Hall–Kier alpha value is -1.91. The molecular weight excluding hydrogens is 160 g/mol. The summed E-state index contributed by atoms with van der Waals surface area (Å²) >= 11 is 0. The second-order valence-corrected chi connectivity index (χ2v) is 2.26. The Morgan fingerprint density at radius 2 is 2.33 bits per heavy atom. The Balaban J connectivity index is 2.68. The van der Waals surface area contributed by atoms with Gasteiger partial charge in [0.1, 0.15) is 5.52 Å². The van der Waals surface area contributed by atoms with Crippen LogP contribution in [-0.4, -0.2) is 21.4 Å². The maximum absolute atomic E-state index is 10.5. The number of aromatic nitrogens is 2. The number of carboxylic acid groups (broad SMARTS) is 1. The summed E-state index contributed by atoms with van der Waals surface area (Å²) in [6.45, 7) is 0. The van der Waals surface area contributed by atoms with Gasteiger partial charge in [-0.15, -0.1) is 5.10 Å². The number of hydrogen-bond acceptors (Lipinski definition) is 4. The van der Waals surface area contributed by atoms with Gasteiger partial charge in [-0.2, -0.15) is 0 Å². The van der Waals surface area contributed by atoms with Crippen LogP contribution in [0.2, 0.25) is 0 Å². The fourth-order valence-electron chi connectivity index (χ4n) is 0.914. The monoisotopic (exact) mass is 164 g/mol. The summed E-state index contributed by atoms with van der Waals surface area (Å²) in [5.41, 5.74) is 1.12. The molecule has 12 heavy (non-hydrogen) atoms. The predicted molar refractivity (Wildman–Crippen MR) is 38.8 cm³/mol. The number of rotatable bonds is 1. The summed E-state index contributed by atoms with van der Waals surface area (Å²) in [6.07, 6.45) is 0. The molecule has 2 rings (SSSR count). The molecule has 0 amide bonds. The Morgan fingerprint density at radius 1 is 1.50 bits per heavy atom. The summed E-state index contributed by atoms with van der Waals surface area (Å²) in [6, 6.07) is 4.38. The van der Waals surface area contributed by atoms with Crippen molar-refractivity contribution in [2.24, 2.45) is 0 Å². The van der Waals surface area contributed by atoms with E-state index < -0.39 is 5.97 Å². The van der Waals surface area contributed by atoms with Crippen LogP contribution in [0.25, 0.3) is 11.1 Å². The van der Waals surface area contributed by atoms with E-state index in [0.717, 1.165) is 0 Å². The van der Waals surface area contributed by atoms with Gasteiger partial charge in [-0.25, -0.2) is 4.79 Å². The molecule has 0 atom stereocenters. The van der Waals surface area contributed by atoms with Gasteiger partial charge in [-0.05, 0) is 18.2 Å². The number of carboxylic acids is 1. The summed E-state index contributed by atoms with van der Waals surface area (Å²) < 4.78 is 4.70. The maximum atomic E-state index is 10.5. The smallest absolute Gasteiger partial charge is 0.335 e. The normalized spacial score (nSPS) is 10.3. The van der Waals surface area contributed by atoms with E-state index >= 15 is 0 Å². The van der Waals surface area contributed by atoms with Crippen LogP contribution in [0.3, 0.4) is 0 Å². The van der Waals surface area contributed by atoms with Crippen molar-refractivity contribution in [3.8, 4) is 0 Å². The minimum absolute atomic E-state index is 0.179. The predicted octanol–water partition coefficient (Wildman–Crippen LogP) is 0.921. The third-order valence-corrected chi connectivity index (χ3v) is 1.49. The van der Waals surface area contributed by atoms with Crippen LogP contribution < -0.4 is 0 Å². The van der Waals surface area contributed by atoms with Crippen molar-refractivity contribution < 1.29 is 14.4 Å². The molecule has 5 nitrogen and oxygen atoms in total. The van der Waals surface area contributed by atoms with Gasteiger partial charge < -0.3 is 9.63 Å². The number of fused-ring (bicyclic) bond motifs is 1.